The maximum Gasteiger partial charge on any atom is 0.131 e. The van der Waals surface area contributed by atoms with Gasteiger partial charge in [0.1, 0.15) is 5.82 Å². The quantitative estimate of drug-likeness (QED) is 0.778. The summed E-state index contributed by atoms with van der Waals surface area (Å²) in [4.78, 5) is 2.32. The number of hydrogen-bond donors (Lipinski definition) is 2. The third-order valence-corrected chi connectivity index (χ3v) is 3.60. The van der Waals surface area contributed by atoms with Crippen LogP contribution in [0.4, 0.5) is 5.82 Å². The van der Waals surface area contributed by atoms with Crippen LogP contribution in [-0.2, 0) is 13.6 Å². The van der Waals surface area contributed by atoms with Gasteiger partial charge in [0, 0.05) is 37.8 Å². The molecular weight excluding hydrogens is 240 g/mol. The molecule has 1 aromatic heterocycles. The fourth-order valence-corrected chi connectivity index (χ4v) is 2.52. The first-order valence-corrected chi connectivity index (χ1v) is 7.18. The van der Waals surface area contributed by atoms with Crippen molar-refractivity contribution in [3.05, 3.63) is 11.3 Å². The number of nitrogens with one attached hydrogen (secondary N) is 1. The second-order valence-corrected chi connectivity index (χ2v) is 5.69. The third kappa shape index (κ3) is 3.28. The fraction of sp³-hybridized carbons (Fsp3) is 0.786. The lowest BCUT2D eigenvalue weighted by Crippen LogP contribution is -2.32. The molecule has 0 atom stereocenters. The molecular formula is C14H26N4O. The van der Waals surface area contributed by atoms with Gasteiger partial charge in [-0.05, 0) is 19.8 Å². The number of nitrogens with zero attached hydrogens (tertiary/aromatic N) is 3. The van der Waals surface area contributed by atoms with Crippen LogP contribution >= 0.6 is 0 Å². The van der Waals surface area contributed by atoms with E-state index in [1.165, 1.54) is 24.2 Å². The van der Waals surface area contributed by atoms with E-state index in [2.05, 4.69) is 36.1 Å². The first kappa shape index (κ1) is 14.3. The lowest BCUT2D eigenvalue weighted by Gasteiger charge is -2.25. The lowest BCUT2D eigenvalue weighted by molar-refractivity contribution is 0.300. The van der Waals surface area contributed by atoms with Crippen molar-refractivity contribution < 1.29 is 5.11 Å². The van der Waals surface area contributed by atoms with Gasteiger partial charge in [0.25, 0.3) is 0 Å². The van der Waals surface area contributed by atoms with Gasteiger partial charge in [-0.2, -0.15) is 5.10 Å². The van der Waals surface area contributed by atoms with E-state index in [4.69, 9.17) is 0 Å². The van der Waals surface area contributed by atoms with Crippen LogP contribution in [0.2, 0.25) is 0 Å². The average Bonchev–Trinajstić information content (AvgIpc) is 3.11. The molecule has 2 rings (SSSR count). The number of aryl methyl sites for hydroxylation is 2. The van der Waals surface area contributed by atoms with Crippen LogP contribution in [0.15, 0.2) is 0 Å². The van der Waals surface area contributed by atoms with Crippen LogP contribution in [0.25, 0.3) is 0 Å². The average molecular weight is 266 g/mol. The minimum absolute atomic E-state index is 0.192. The van der Waals surface area contributed by atoms with Gasteiger partial charge in [-0.1, -0.05) is 13.8 Å². The molecule has 1 aromatic rings. The van der Waals surface area contributed by atoms with Crippen LogP contribution in [0.5, 0.6) is 0 Å². The standard InChI is InChI=1S/C14H26N4O/c1-10(2)15-9-13-11(3)16-17(4)14(13)18(7-8-19)12-5-6-12/h10,12,15,19H,5-9H2,1-4H3. The minimum Gasteiger partial charge on any atom is -0.395 e. The molecule has 19 heavy (non-hydrogen) atoms. The van der Waals surface area contributed by atoms with E-state index in [-0.39, 0.29) is 6.61 Å². The van der Waals surface area contributed by atoms with Crippen LogP contribution in [-0.4, -0.2) is 40.1 Å². The highest BCUT2D eigenvalue weighted by molar-refractivity contribution is 5.52. The van der Waals surface area contributed by atoms with Gasteiger partial charge in [-0.25, -0.2) is 0 Å². The van der Waals surface area contributed by atoms with Crippen molar-refractivity contribution in [1.82, 2.24) is 15.1 Å². The largest absolute Gasteiger partial charge is 0.395 e. The lowest BCUT2D eigenvalue weighted by atomic mass is 10.2. The van der Waals surface area contributed by atoms with Crippen molar-refractivity contribution in [2.75, 3.05) is 18.1 Å². The van der Waals surface area contributed by atoms with Gasteiger partial charge in [0.05, 0.1) is 12.3 Å². The summed E-state index contributed by atoms with van der Waals surface area (Å²) < 4.78 is 1.96. The Labute approximate surface area is 115 Å². The number of aliphatic hydroxyl groups excluding tert-OH is 1. The van der Waals surface area contributed by atoms with Crippen molar-refractivity contribution in [2.24, 2.45) is 7.05 Å². The molecule has 0 radical (unpaired) electrons. The number of aromatic nitrogens is 2. The molecule has 0 saturated heterocycles. The monoisotopic (exact) mass is 266 g/mol. The zero-order chi connectivity index (χ0) is 14.0. The van der Waals surface area contributed by atoms with Gasteiger partial charge >= 0.3 is 0 Å². The smallest absolute Gasteiger partial charge is 0.131 e. The summed E-state index contributed by atoms with van der Waals surface area (Å²) in [6.07, 6.45) is 2.45. The molecule has 5 nitrogen and oxygen atoms in total. The Hall–Kier alpha value is -1.07. The van der Waals surface area contributed by atoms with Crippen molar-refractivity contribution in [1.29, 1.82) is 0 Å². The summed E-state index contributed by atoms with van der Waals surface area (Å²) in [5.41, 5.74) is 2.34. The Morgan fingerprint density at radius 2 is 2.16 bits per heavy atom. The second-order valence-electron chi connectivity index (χ2n) is 5.69. The molecule has 108 valence electrons. The maximum absolute atomic E-state index is 9.29. The molecule has 0 aromatic carbocycles. The SMILES string of the molecule is Cc1nn(C)c(N(CCO)C2CC2)c1CNC(C)C. The summed E-state index contributed by atoms with van der Waals surface area (Å²) in [7, 11) is 1.99. The summed E-state index contributed by atoms with van der Waals surface area (Å²) in [5.74, 6) is 1.17. The predicted molar refractivity (Wildman–Crippen MR) is 77.4 cm³/mol. The molecule has 1 fully saturated rings. The van der Waals surface area contributed by atoms with Crippen molar-refractivity contribution in [2.45, 2.75) is 52.2 Å². The van der Waals surface area contributed by atoms with E-state index >= 15 is 0 Å². The molecule has 5 heteroatoms. The van der Waals surface area contributed by atoms with Crippen LogP contribution in [0.3, 0.4) is 0 Å². The van der Waals surface area contributed by atoms with E-state index in [1.807, 2.05) is 11.7 Å². The Balaban J connectivity index is 2.25. The van der Waals surface area contributed by atoms with Crippen molar-refractivity contribution >= 4 is 5.82 Å². The highest BCUT2D eigenvalue weighted by Gasteiger charge is 2.32. The number of hydrogen-bond acceptors (Lipinski definition) is 4. The minimum atomic E-state index is 0.192. The third-order valence-electron chi connectivity index (χ3n) is 3.60. The molecule has 2 N–H and O–H groups in total. The molecule has 0 aliphatic heterocycles. The molecule has 0 unspecified atom stereocenters. The second kappa shape index (κ2) is 5.92. The van der Waals surface area contributed by atoms with E-state index in [1.54, 1.807) is 0 Å². The highest BCUT2D eigenvalue weighted by atomic mass is 16.3. The zero-order valence-electron chi connectivity index (χ0n) is 12.5. The molecule has 1 saturated carbocycles. The van der Waals surface area contributed by atoms with Crippen molar-refractivity contribution in [3.8, 4) is 0 Å². The van der Waals surface area contributed by atoms with E-state index < -0.39 is 0 Å². The van der Waals surface area contributed by atoms with Gasteiger partial charge < -0.3 is 15.3 Å². The first-order valence-electron chi connectivity index (χ1n) is 7.18. The summed E-state index contributed by atoms with van der Waals surface area (Å²) in [5, 5.41) is 17.3. The summed E-state index contributed by atoms with van der Waals surface area (Å²) in [6.45, 7) is 8.08. The van der Waals surface area contributed by atoms with E-state index in [9.17, 15) is 5.11 Å². The van der Waals surface area contributed by atoms with E-state index in [0.717, 1.165) is 12.2 Å². The summed E-state index contributed by atoms with van der Waals surface area (Å²) in [6, 6.07) is 1.04. The molecule has 1 aliphatic rings. The van der Waals surface area contributed by atoms with Crippen molar-refractivity contribution in [3.63, 3.8) is 0 Å². The Morgan fingerprint density at radius 3 is 2.68 bits per heavy atom. The predicted octanol–water partition coefficient (Wildman–Crippen LogP) is 1.19. The van der Waals surface area contributed by atoms with Gasteiger partial charge in [-0.15, -0.1) is 0 Å². The first-order chi connectivity index (χ1) is 9.04. The molecule has 0 spiro atoms. The Morgan fingerprint density at radius 1 is 1.47 bits per heavy atom. The molecule has 1 aliphatic carbocycles. The van der Waals surface area contributed by atoms with Gasteiger partial charge in [0.15, 0.2) is 0 Å². The number of anilines is 1. The molecule has 0 bridgehead atoms. The zero-order valence-corrected chi connectivity index (χ0v) is 12.5. The summed E-state index contributed by atoms with van der Waals surface area (Å²) >= 11 is 0. The van der Waals surface area contributed by atoms with E-state index in [0.29, 0.717) is 18.6 Å². The van der Waals surface area contributed by atoms with Gasteiger partial charge in [-0.3, -0.25) is 4.68 Å². The van der Waals surface area contributed by atoms with Crippen LogP contribution in [0.1, 0.15) is 37.9 Å². The highest BCUT2D eigenvalue weighted by Crippen LogP contribution is 2.34. The maximum atomic E-state index is 9.29. The molecule has 1 heterocycles. The Kier molecular flexibility index (Phi) is 4.47. The topological polar surface area (TPSA) is 53.3 Å². The fourth-order valence-electron chi connectivity index (χ4n) is 2.52. The van der Waals surface area contributed by atoms with Crippen LogP contribution < -0.4 is 10.2 Å². The van der Waals surface area contributed by atoms with Crippen LogP contribution in [0, 0.1) is 6.92 Å². The molecule has 0 amide bonds. The Bertz CT molecular complexity index is 423. The van der Waals surface area contributed by atoms with Gasteiger partial charge in [0.2, 0.25) is 0 Å². The number of aliphatic hydroxyl groups is 1. The normalized spacial score (nSPS) is 15.3. The number of rotatable bonds is 7.